The Morgan fingerprint density at radius 2 is 2.10 bits per heavy atom. The van der Waals surface area contributed by atoms with Crippen LogP contribution in [0.1, 0.15) is 57.2 Å². The monoisotopic (exact) mass is 311 g/mol. The minimum atomic E-state index is -3.43. The Morgan fingerprint density at radius 1 is 1.33 bits per heavy atom. The van der Waals surface area contributed by atoms with Gasteiger partial charge in [0.05, 0.1) is 4.90 Å². The molecule has 3 N–H and O–H groups in total. The molecule has 6 heteroatoms. The van der Waals surface area contributed by atoms with E-state index < -0.39 is 10.0 Å². The number of sulfonamides is 1. The molecule has 2 atom stereocenters. The molecular weight excluding hydrogens is 286 g/mol. The molecule has 2 saturated carbocycles. The standard InChI is InChI=1S/C15H25N3O2S/c1-11-3-2-4-12(7-11)17-21(19,20)15-8-14(9-16)18(10-15)13-5-6-13/h8,10-13,17H,2-7,9,16H2,1H3. The van der Waals surface area contributed by atoms with Crippen molar-refractivity contribution in [2.45, 2.75) is 69.0 Å². The van der Waals surface area contributed by atoms with Crippen molar-refractivity contribution in [1.82, 2.24) is 9.29 Å². The van der Waals surface area contributed by atoms with Crippen LogP contribution in [0.15, 0.2) is 17.2 Å². The van der Waals surface area contributed by atoms with Crippen LogP contribution in [0.25, 0.3) is 0 Å². The van der Waals surface area contributed by atoms with Crippen molar-refractivity contribution in [3.8, 4) is 0 Å². The summed E-state index contributed by atoms with van der Waals surface area (Å²) in [6.45, 7) is 2.57. The number of aromatic nitrogens is 1. The van der Waals surface area contributed by atoms with Crippen molar-refractivity contribution in [2.75, 3.05) is 0 Å². The van der Waals surface area contributed by atoms with Crippen LogP contribution >= 0.6 is 0 Å². The Bertz CT molecular complexity index is 604. The molecule has 1 aromatic rings. The molecule has 0 aliphatic heterocycles. The normalized spacial score (nSPS) is 27.0. The molecular formula is C15H25N3O2S. The average Bonchev–Trinajstić information content (AvgIpc) is 3.16. The molecule has 0 aromatic carbocycles. The molecule has 3 rings (SSSR count). The van der Waals surface area contributed by atoms with Gasteiger partial charge in [-0.2, -0.15) is 0 Å². The summed E-state index contributed by atoms with van der Waals surface area (Å²) in [5.41, 5.74) is 6.65. The van der Waals surface area contributed by atoms with Gasteiger partial charge in [-0.3, -0.25) is 0 Å². The highest BCUT2D eigenvalue weighted by molar-refractivity contribution is 7.89. The summed E-state index contributed by atoms with van der Waals surface area (Å²) >= 11 is 0. The minimum Gasteiger partial charge on any atom is -0.346 e. The molecule has 2 unspecified atom stereocenters. The number of hydrogen-bond acceptors (Lipinski definition) is 3. The van der Waals surface area contributed by atoms with Crippen molar-refractivity contribution in [3.05, 3.63) is 18.0 Å². The van der Waals surface area contributed by atoms with Gasteiger partial charge in [0.2, 0.25) is 10.0 Å². The predicted molar refractivity (Wildman–Crippen MR) is 82.3 cm³/mol. The molecule has 0 spiro atoms. The maximum atomic E-state index is 12.6. The van der Waals surface area contributed by atoms with Gasteiger partial charge in [0.15, 0.2) is 0 Å². The molecule has 21 heavy (non-hydrogen) atoms. The first kappa shape index (κ1) is 15.1. The van der Waals surface area contributed by atoms with Crippen molar-refractivity contribution in [1.29, 1.82) is 0 Å². The maximum absolute atomic E-state index is 12.6. The average molecular weight is 311 g/mol. The third kappa shape index (κ3) is 3.33. The highest BCUT2D eigenvalue weighted by Gasteiger charge is 2.29. The zero-order valence-electron chi connectivity index (χ0n) is 12.6. The predicted octanol–water partition coefficient (Wildman–Crippen LogP) is 2.14. The van der Waals surface area contributed by atoms with E-state index in [2.05, 4.69) is 11.6 Å². The Kier molecular flexibility index (Phi) is 4.12. The van der Waals surface area contributed by atoms with Crippen LogP contribution < -0.4 is 10.5 Å². The third-order valence-corrected chi connectivity index (χ3v) is 6.11. The summed E-state index contributed by atoms with van der Waals surface area (Å²) in [5, 5.41) is 0. The summed E-state index contributed by atoms with van der Waals surface area (Å²) in [6.07, 6.45) is 8.18. The highest BCUT2D eigenvalue weighted by Crippen LogP contribution is 2.37. The molecule has 2 fully saturated rings. The molecule has 0 saturated heterocycles. The Balaban J connectivity index is 1.77. The van der Waals surface area contributed by atoms with Gasteiger partial charge in [0.1, 0.15) is 0 Å². The quantitative estimate of drug-likeness (QED) is 0.874. The number of nitrogens with one attached hydrogen (secondary N) is 1. The van der Waals surface area contributed by atoms with Crippen LogP contribution in [0.4, 0.5) is 0 Å². The second kappa shape index (κ2) is 5.74. The van der Waals surface area contributed by atoms with Gasteiger partial charge in [-0.15, -0.1) is 0 Å². The third-order valence-electron chi connectivity index (χ3n) is 4.62. The van der Waals surface area contributed by atoms with E-state index in [0.29, 0.717) is 23.4 Å². The zero-order chi connectivity index (χ0) is 15.0. The van der Waals surface area contributed by atoms with Crippen LogP contribution in [0.5, 0.6) is 0 Å². The smallest absolute Gasteiger partial charge is 0.242 e. The number of rotatable bonds is 5. The van der Waals surface area contributed by atoms with Gasteiger partial charge in [-0.25, -0.2) is 13.1 Å². The van der Waals surface area contributed by atoms with Crippen molar-refractivity contribution < 1.29 is 8.42 Å². The second-order valence-corrected chi connectivity index (χ2v) is 8.31. The maximum Gasteiger partial charge on any atom is 0.242 e. The first-order valence-electron chi connectivity index (χ1n) is 7.92. The van der Waals surface area contributed by atoms with E-state index in [1.165, 1.54) is 6.42 Å². The Morgan fingerprint density at radius 3 is 2.71 bits per heavy atom. The van der Waals surface area contributed by atoms with E-state index in [1.807, 2.05) is 4.57 Å². The Hall–Kier alpha value is -0.850. The fraction of sp³-hybridized carbons (Fsp3) is 0.733. The fourth-order valence-electron chi connectivity index (χ4n) is 3.33. The van der Waals surface area contributed by atoms with E-state index >= 15 is 0 Å². The SMILES string of the molecule is CC1CCCC(NS(=O)(=O)c2cc(CN)n(C3CC3)c2)C1. The lowest BCUT2D eigenvalue weighted by molar-refractivity contribution is 0.327. The number of nitrogens with zero attached hydrogens (tertiary/aromatic N) is 1. The van der Waals surface area contributed by atoms with Crippen molar-refractivity contribution in [3.63, 3.8) is 0 Å². The largest absolute Gasteiger partial charge is 0.346 e. The summed E-state index contributed by atoms with van der Waals surface area (Å²) in [4.78, 5) is 0.369. The lowest BCUT2D eigenvalue weighted by atomic mass is 9.88. The van der Waals surface area contributed by atoms with Crippen LogP contribution in [-0.4, -0.2) is 19.0 Å². The molecule has 2 aliphatic rings. The molecule has 1 aromatic heterocycles. The lowest BCUT2D eigenvalue weighted by Crippen LogP contribution is -2.37. The van der Waals surface area contributed by atoms with Gasteiger partial charge in [0.25, 0.3) is 0 Å². The molecule has 0 radical (unpaired) electrons. The van der Waals surface area contributed by atoms with Crippen LogP contribution in [0.2, 0.25) is 0 Å². The van der Waals surface area contributed by atoms with Crippen LogP contribution in [0.3, 0.4) is 0 Å². The molecule has 0 bridgehead atoms. The van der Waals surface area contributed by atoms with Gasteiger partial charge in [0, 0.05) is 30.5 Å². The molecule has 5 nitrogen and oxygen atoms in total. The molecule has 2 aliphatic carbocycles. The molecule has 118 valence electrons. The summed E-state index contributed by atoms with van der Waals surface area (Å²) in [5.74, 6) is 0.599. The molecule has 0 amide bonds. The zero-order valence-corrected chi connectivity index (χ0v) is 13.4. The summed E-state index contributed by atoms with van der Waals surface area (Å²) in [6, 6.07) is 2.25. The van der Waals surface area contributed by atoms with E-state index in [-0.39, 0.29) is 6.04 Å². The first-order valence-corrected chi connectivity index (χ1v) is 9.41. The van der Waals surface area contributed by atoms with Gasteiger partial charge in [-0.1, -0.05) is 19.8 Å². The minimum absolute atomic E-state index is 0.0735. The first-order chi connectivity index (χ1) is 9.99. The van der Waals surface area contributed by atoms with E-state index in [4.69, 9.17) is 5.73 Å². The Labute approximate surface area is 127 Å². The van der Waals surface area contributed by atoms with Gasteiger partial charge in [-0.05, 0) is 37.7 Å². The van der Waals surface area contributed by atoms with E-state index in [9.17, 15) is 8.42 Å². The van der Waals surface area contributed by atoms with Crippen LogP contribution in [-0.2, 0) is 16.6 Å². The van der Waals surface area contributed by atoms with Crippen molar-refractivity contribution in [2.24, 2.45) is 11.7 Å². The van der Waals surface area contributed by atoms with Crippen molar-refractivity contribution >= 4 is 10.0 Å². The summed E-state index contributed by atoms with van der Waals surface area (Å²) < 4.78 is 30.1. The fourth-order valence-corrected chi connectivity index (χ4v) is 4.66. The van der Waals surface area contributed by atoms with E-state index in [1.54, 1.807) is 12.3 Å². The van der Waals surface area contributed by atoms with Crippen LogP contribution in [0, 0.1) is 5.92 Å². The molecule has 1 heterocycles. The number of hydrogen-bond donors (Lipinski definition) is 2. The second-order valence-electron chi connectivity index (χ2n) is 6.60. The van der Waals surface area contributed by atoms with E-state index in [0.717, 1.165) is 37.8 Å². The van der Waals surface area contributed by atoms with Gasteiger partial charge >= 0.3 is 0 Å². The highest BCUT2D eigenvalue weighted by atomic mass is 32.2. The van der Waals surface area contributed by atoms with Gasteiger partial charge < -0.3 is 10.3 Å². The lowest BCUT2D eigenvalue weighted by Gasteiger charge is -2.27. The summed E-state index contributed by atoms with van der Waals surface area (Å²) in [7, 11) is -3.43. The number of nitrogens with two attached hydrogens (primary N) is 1. The topological polar surface area (TPSA) is 77.1 Å².